The summed E-state index contributed by atoms with van der Waals surface area (Å²) in [5, 5.41) is 7.41. The molecule has 168 valence electrons. The first-order valence-electron chi connectivity index (χ1n) is 10.2. The highest BCUT2D eigenvalue weighted by molar-refractivity contribution is 14.0. The Balaban J connectivity index is 0.00000272. The molecule has 0 amide bonds. The number of aromatic nitrogens is 1. The lowest BCUT2D eigenvalue weighted by Crippen LogP contribution is -2.48. The third kappa shape index (κ3) is 5.93. The molecule has 1 aromatic carbocycles. The maximum Gasteiger partial charge on any atom is 0.231 e. The van der Waals surface area contributed by atoms with Crippen LogP contribution < -0.4 is 20.1 Å². The van der Waals surface area contributed by atoms with Crippen molar-refractivity contribution in [3.63, 3.8) is 0 Å². The number of fused-ring (bicyclic) bond motifs is 1. The minimum atomic E-state index is -0.0447. The summed E-state index contributed by atoms with van der Waals surface area (Å²) in [6.07, 6.45) is 4.52. The molecule has 2 aromatic rings. The summed E-state index contributed by atoms with van der Waals surface area (Å²) in [5.74, 6) is 2.41. The van der Waals surface area contributed by atoms with E-state index in [0.29, 0.717) is 5.15 Å². The standard InChI is InChI=1S/C22H27ClN4O3.HI/c1-24-21(25-9-6-16-2-5-20(23)26-13-16)27-14-22(7-10-28-11-8-22)17-3-4-18-19(12-17)30-15-29-18;/h2-5,12-13H,6-11,14-15H2,1H3,(H2,24,25,27);1H. The van der Waals surface area contributed by atoms with Gasteiger partial charge in [0.2, 0.25) is 6.79 Å². The molecule has 0 saturated carbocycles. The van der Waals surface area contributed by atoms with Crippen LogP contribution in [0, 0.1) is 0 Å². The Labute approximate surface area is 204 Å². The normalized spacial score (nSPS) is 17.0. The number of halogens is 2. The van der Waals surface area contributed by atoms with Crippen LogP contribution >= 0.6 is 35.6 Å². The van der Waals surface area contributed by atoms with E-state index in [0.717, 1.165) is 68.6 Å². The summed E-state index contributed by atoms with van der Waals surface area (Å²) < 4.78 is 16.7. The molecule has 2 aliphatic rings. The van der Waals surface area contributed by atoms with Gasteiger partial charge in [0.1, 0.15) is 5.15 Å². The zero-order valence-electron chi connectivity index (χ0n) is 17.5. The summed E-state index contributed by atoms with van der Waals surface area (Å²) in [4.78, 5) is 8.50. The first-order valence-corrected chi connectivity index (χ1v) is 10.6. The second kappa shape index (κ2) is 11.2. The number of hydrogen-bond acceptors (Lipinski definition) is 5. The van der Waals surface area contributed by atoms with Gasteiger partial charge in [0.25, 0.3) is 0 Å². The fourth-order valence-corrected chi connectivity index (χ4v) is 4.02. The van der Waals surface area contributed by atoms with Crippen LogP contribution in [-0.4, -0.2) is 51.1 Å². The van der Waals surface area contributed by atoms with Crippen LogP contribution in [0.25, 0.3) is 0 Å². The molecule has 31 heavy (non-hydrogen) atoms. The summed E-state index contributed by atoms with van der Waals surface area (Å²) in [6.45, 7) is 3.28. The Morgan fingerprint density at radius 1 is 1.13 bits per heavy atom. The highest BCUT2D eigenvalue weighted by atomic mass is 127. The maximum atomic E-state index is 5.85. The summed E-state index contributed by atoms with van der Waals surface area (Å²) in [7, 11) is 1.79. The van der Waals surface area contributed by atoms with Crippen LogP contribution in [0.3, 0.4) is 0 Å². The monoisotopic (exact) mass is 558 g/mol. The predicted octanol–water partition coefficient (Wildman–Crippen LogP) is 3.54. The van der Waals surface area contributed by atoms with Gasteiger partial charge in [-0.25, -0.2) is 4.98 Å². The van der Waals surface area contributed by atoms with Crippen molar-refractivity contribution in [3.05, 3.63) is 52.8 Å². The smallest absolute Gasteiger partial charge is 0.231 e. The van der Waals surface area contributed by atoms with Crippen LogP contribution in [0.2, 0.25) is 5.15 Å². The lowest BCUT2D eigenvalue weighted by molar-refractivity contribution is 0.0513. The van der Waals surface area contributed by atoms with Crippen molar-refractivity contribution in [2.45, 2.75) is 24.7 Å². The van der Waals surface area contributed by atoms with Crippen LogP contribution in [0.4, 0.5) is 0 Å². The number of pyridine rings is 1. The molecule has 2 N–H and O–H groups in total. The largest absolute Gasteiger partial charge is 0.454 e. The third-order valence-electron chi connectivity index (χ3n) is 5.75. The molecule has 4 rings (SSSR count). The molecule has 1 aromatic heterocycles. The van der Waals surface area contributed by atoms with Gasteiger partial charge in [-0.3, -0.25) is 4.99 Å². The quantitative estimate of drug-likeness (QED) is 0.245. The topological polar surface area (TPSA) is 77.0 Å². The van der Waals surface area contributed by atoms with E-state index in [1.54, 1.807) is 13.2 Å². The first-order chi connectivity index (χ1) is 14.7. The number of aliphatic imine (C=N–C) groups is 1. The molecule has 0 aliphatic carbocycles. The van der Waals surface area contributed by atoms with Gasteiger partial charge < -0.3 is 24.8 Å². The molecular weight excluding hydrogens is 531 g/mol. The van der Waals surface area contributed by atoms with Gasteiger partial charge in [0.05, 0.1) is 0 Å². The zero-order chi connectivity index (χ0) is 20.8. The lowest BCUT2D eigenvalue weighted by atomic mass is 9.74. The summed E-state index contributed by atoms with van der Waals surface area (Å²) >= 11 is 5.85. The second-order valence-corrected chi connectivity index (χ2v) is 7.94. The molecule has 9 heteroatoms. The van der Waals surface area contributed by atoms with E-state index >= 15 is 0 Å². The van der Waals surface area contributed by atoms with Gasteiger partial charge >= 0.3 is 0 Å². The van der Waals surface area contributed by atoms with Gasteiger partial charge in [0, 0.05) is 45.0 Å². The van der Waals surface area contributed by atoms with Gasteiger partial charge in [0.15, 0.2) is 17.5 Å². The van der Waals surface area contributed by atoms with E-state index in [9.17, 15) is 0 Å². The first kappa shape index (κ1) is 23.9. The van der Waals surface area contributed by atoms with Crippen LogP contribution in [0.15, 0.2) is 41.5 Å². The van der Waals surface area contributed by atoms with Crippen LogP contribution in [0.1, 0.15) is 24.0 Å². The molecule has 0 bridgehead atoms. The molecule has 0 spiro atoms. The second-order valence-electron chi connectivity index (χ2n) is 7.55. The van der Waals surface area contributed by atoms with E-state index in [-0.39, 0.29) is 36.2 Å². The average molecular weight is 559 g/mol. The fourth-order valence-electron chi connectivity index (χ4n) is 3.91. The Kier molecular flexibility index (Phi) is 8.62. The Morgan fingerprint density at radius 3 is 2.68 bits per heavy atom. The van der Waals surface area contributed by atoms with Gasteiger partial charge in [-0.05, 0) is 48.6 Å². The fraction of sp³-hybridized carbons (Fsp3) is 0.455. The lowest BCUT2D eigenvalue weighted by Gasteiger charge is -2.38. The SMILES string of the molecule is CN=C(NCCc1ccc(Cl)nc1)NCC1(c2ccc3c(c2)OCO3)CCOCC1.I. The van der Waals surface area contributed by atoms with Crippen molar-refractivity contribution in [2.24, 2.45) is 4.99 Å². The van der Waals surface area contributed by atoms with E-state index in [1.165, 1.54) is 5.56 Å². The molecular formula is C22H28ClIN4O3. The number of rotatable bonds is 6. The van der Waals surface area contributed by atoms with E-state index in [4.69, 9.17) is 25.8 Å². The van der Waals surface area contributed by atoms with Crippen molar-refractivity contribution >= 4 is 41.5 Å². The van der Waals surface area contributed by atoms with Gasteiger partial charge in [-0.1, -0.05) is 23.7 Å². The molecule has 1 fully saturated rings. The van der Waals surface area contributed by atoms with Crippen molar-refractivity contribution in [1.29, 1.82) is 0 Å². The molecule has 3 heterocycles. The Bertz CT molecular complexity index is 889. The third-order valence-corrected chi connectivity index (χ3v) is 5.97. The molecule has 0 radical (unpaired) electrons. The van der Waals surface area contributed by atoms with E-state index < -0.39 is 0 Å². The molecule has 0 unspecified atom stereocenters. The Morgan fingerprint density at radius 2 is 1.94 bits per heavy atom. The minimum Gasteiger partial charge on any atom is -0.454 e. The van der Waals surface area contributed by atoms with Crippen molar-refractivity contribution in [2.75, 3.05) is 40.1 Å². The average Bonchev–Trinajstić information content (AvgIpc) is 3.26. The van der Waals surface area contributed by atoms with Crippen molar-refractivity contribution in [1.82, 2.24) is 15.6 Å². The van der Waals surface area contributed by atoms with E-state index in [2.05, 4.69) is 32.7 Å². The minimum absolute atomic E-state index is 0. The molecule has 1 saturated heterocycles. The van der Waals surface area contributed by atoms with Crippen LogP contribution in [-0.2, 0) is 16.6 Å². The number of benzene rings is 1. The summed E-state index contributed by atoms with van der Waals surface area (Å²) in [6, 6.07) is 10.1. The maximum absolute atomic E-state index is 5.85. The highest BCUT2D eigenvalue weighted by Gasteiger charge is 2.35. The molecule has 0 atom stereocenters. The predicted molar refractivity (Wildman–Crippen MR) is 132 cm³/mol. The molecule has 7 nitrogen and oxygen atoms in total. The van der Waals surface area contributed by atoms with Crippen LogP contribution in [0.5, 0.6) is 11.5 Å². The molecule has 2 aliphatic heterocycles. The summed E-state index contributed by atoms with van der Waals surface area (Å²) in [5.41, 5.74) is 2.32. The van der Waals surface area contributed by atoms with Crippen molar-refractivity contribution in [3.8, 4) is 11.5 Å². The Hall–Kier alpha value is -1.78. The number of hydrogen-bond donors (Lipinski definition) is 2. The van der Waals surface area contributed by atoms with Gasteiger partial charge in [-0.15, -0.1) is 24.0 Å². The van der Waals surface area contributed by atoms with Gasteiger partial charge in [-0.2, -0.15) is 0 Å². The number of nitrogens with zero attached hydrogens (tertiary/aromatic N) is 2. The number of guanidine groups is 1. The van der Waals surface area contributed by atoms with Crippen molar-refractivity contribution < 1.29 is 14.2 Å². The zero-order valence-corrected chi connectivity index (χ0v) is 20.6. The number of nitrogens with one attached hydrogen (secondary N) is 2. The number of ether oxygens (including phenoxy) is 3. The van der Waals surface area contributed by atoms with E-state index in [1.807, 2.05) is 18.2 Å². The highest BCUT2D eigenvalue weighted by Crippen LogP contribution is 2.40.